The average Bonchev–Trinajstić information content (AvgIpc) is 2.45. The van der Waals surface area contributed by atoms with Gasteiger partial charge in [0.15, 0.2) is 0 Å². The second-order valence-corrected chi connectivity index (χ2v) is 6.06. The second-order valence-electron chi connectivity index (χ2n) is 6.06. The number of carbonyl (C=O) groups excluding carboxylic acids is 1. The number of hydrogen-bond donors (Lipinski definition) is 0. The highest BCUT2D eigenvalue weighted by molar-refractivity contribution is 5.95. The van der Waals surface area contributed by atoms with Crippen molar-refractivity contribution >= 4 is 5.91 Å². The summed E-state index contributed by atoms with van der Waals surface area (Å²) in [5, 5.41) is 0. The van der Waals surface area contributed by atoms with Gasteiger partial charge in [-0.05, 0) is 34.1 Å². The Morgan fingerprint density at radius 3 is 2.67 bits per heavy atom. The highest BCUT2D eigenvalue weighted by Gasteiger charge is 2.30. The Hall–Kier alpha value is -1.49. The Morgan fingerprint density at radius 1 is 1.38 bits per heavy atom. The zero-order valence-electron chi connectivity index (χ0n) is 13.8. The number of amides is 1. The van der Waals surface area contributed by atoms with Crippen molar-refractivity contribution < 1.29 is 4.79 Å². The molecule has 1 aliphatic rings. The van der Waals surface area contributed by atoms with Crippen LogP contribution in [0.2, 0.25) is 0 Å². The predicted octanol–water partition coefficient (Wildman–Crippen LogP) is 2.04. The molecular weight excluding hydrogens is 264 g/mol. The summed E-state index contributed by atoms with van der Waals surface area (Å²) in [5.41, 5.74) is 1.40. The summed E-state index contributed by atoms with van der Waals surface area (Å²) in [7, 11) is 0. The third-order valence-electron chi connectivity index (χ3n) is 4.28. The van der Waals surface area contributed by atoms with Crippen molar-refractivity contribution in [2.45, 2.75) is 53.1 Å². The van der Waals surface area contributed by atoms with Gasteiger partial charge in [-0.15, -0.1) is 0 Å². The summed E-state index contributed by atoms with van der Waals surface area (Å²) in [6.07, 6.45) is 2.72. The Morgan fingerprint density at radius 2 is 2.10 bits per heavy atom. The van der Waals surface area contributed by atoms with E-state index in [1.165, 1.54) is 0 Å². The summed E-state index contributed by atoms with van der Waals surface area (Å²) in [6, 6.07) is 0.964. The molecule has 0 N–H and O–H groups in total. The Bertz CT molecular complexity index is 515. The van der Waals surface area contributed by atoms with E-state index in [1.54, 1.807) is 6.20 Å². The lowest BCUT2D eigenvalue weighted by Gasteiger charge is -2.43. The number of rotatable bonds is 3. The first-order chi connectivity index (χ1) is 9.93. The molecule has 0 aliphatic carbocycles. The van der Waals surface area contributed by atoms with Gasteiger partial charge >= 0.3 is 0 Å². The van der Waals surface area contributed by atoms with Crippen LogP contribution in [0.15, 0.2) is 6.20 Å². The minimum Gasteiger partial charge on any atom is -0.336 e. The van der Waals surface area contributed by atoms with Crippen LogP contribution in [0, 0.1) is 13.8 Å². The normalized spacial score (nSPS) is 20.1. The van der Waals surface area contributed by atoms with Gasteiger partial charge in [0, 0.05) is 37.9 Å². The molecule has 0 bridgehead atoms. The highest BCUT2D eigenvalue weighted by Crippen LogP contribution is 2.18. The number of hydrogen-bond acceptors (Lipinski definition) is 4. The van der Waals surface area contributed by atoms with Crippen LogP contribution in [0.4, 0.5) is 0 Å². The molecule has 1 saturated heterocycles. The van der Waals surface area contributed by atoms with Crippen LogP contribution >= 0.6 is 0 Å². The van der Waals surface area contributed by atoms with Gasteiger partial charge < -0.3 is 4.90 Å². The molecule has 5 heteroatoms. The molecule has 0 saturated carbocycles. The van der Waals surface area contributed by atoms with Gasteiger partial charge in [-0.1, -0.05) is 6.92 Å². The number of piperazine rings is 1. The first-order valence-corrected chi connectivity index (χ1v) is 7.79. The quantitative estimate of drug-likeness (QED) is 0.855. The van der Waals surface area contributed by atoms with E-state index in [0.717, 1.165) is 31.7 Å². The van der Waals surface area contributed by atoms with Gasteiger partial charge in [0.2, 0.25) is 0 Å². The summed E-state index contributed by atoms with van der Waals surface area (Å²) < 4.78 is 0. The summed E-state index contributed by atoms with van der Waals surface area (Å²) in [5.74, 6) is 0.773. The van der Waals surface area contributed by atoms with Gasteiger partial charge in [-0.3, -0.25) is 9.69 Å². The van der Waals surface area contributed by atoms with Crippen LogP contribution in [0.25, 0.3) is 0 Å². The fourth-order valence-electron chi connectivity index (χ4n) is 3.06. The molecule has 5 nitrogen and oxygen atoms in total. The first-order valence-electron chi connectivity index (χ1n) is 7.79. The lowest BCUT2D eigenvalue weighted by Crippen LogP contribution is -2.56. The van der Waals surface area contributed by atoms with Crippen molar-refractivity contribution in [3.8, 4) is 0 Å². The predicted molar refractivity (Wildman–Crippen MR) is 83.3 cm³/mol. The van der Waals surface area contributed by atoms with E-state index in [0.29, 0.717) is 23.5 Å². The number of aromatic nitrogens is 2. The van der Waals surface area contributed by atoms with Gasteiger partial charge in [0.05, 0.1) is 11.3 Å². The van der Waals surface area contributed by atoms with E-state index in [2.05, 4.69) is 35.6 Å². The van der Waals surface area contributed by atoms with Crippen molar-refractivity contribution in [1.82, 2.24) is 19.8 Å². The Balaban J connectivity index is 2.14. The van der Waals surface area contributed by atoms with Crippen LogP contribution in [0.3, 0.4) is 0 Å². The summed E-state index contributed by atoms with van der Waals surface area (Å²) in [6.45, 7) is 12.9. The molecule has 116 valence electrons. The lowest BCUT2D eigenvalue weighted by atomic mass is 10.1. The van der Waals surface area contributed by atoms with E-state index in [-0.39, 0.29) is 5.91 Å². The molecule has 0 unspecified atom stereocenters. The molecule has 0 radical (unpaired) electrons. The van der Waals surface area contributed by atoms with Crippen molar-refractivity contribution in [3.63, 3.8) is 0 Å². The summed E-state index contributed by atoms with van der Waals surface area (Å²) in [4.78, 5) is 25.6. The molecule has 2 heterocycles. The van der Waals surface area contributed by atoms with Crippen LogP contribution in [-0.2, 0) is 0 Å². The summed E-state index contributed by atoms with van der Waals surface area (Å²) >= 11 is 0. The molecule has 0 spiro atoms. The Labute approximate surface area is 127 Å². The van der Waals surface area contributed by atoms with E-state index >= 15 is 0 Å². The third kappa shape index (κ3) is 3.40. The monoisotopic (exact) mass is 290 g/mol. The lowest BCUT2D eigenvalue weighted by molar-refractivity contribution is 0.0370. The number of aryl methyl sites for hydroxylation is 2. The topological polar surface area (TPSA) is 49.3 Å². The molecule has 0 aromatic carbocycles. The molecule has 1 amide bonds. The van der Waals surface area contributed by atoms with Crippen LogP contribution in [-0.4, -0.2) is 57.4 Å². The molecule has 1 atom stereocenters. The first kappa shape index (κ1) is 15.9. The molecule has 21 heavy (non-hydrogen) atoms. The maximum absolute atomic E-state index is 12.7. The van der Waals surface area contributed by atoms with Crippen molar-refractivity contribution in [2.24, 2.45) is 0 Å². The number of carbonyl (C=O) groups is 1. The van der Waals surface area contributed by atoms with E-state index in [1.807, 2.05) is 18.7 Å². The molecule has 1 fully saturated rings. The largest absolute Gasteiger partial charge is 0.336 e. The molecule has 1 aromatic heterocycles. The van der Waals surface area contributed by atoms with E-state index in [9.17, 15) is 4.79 Å². The van der Waals surface area contributed by atoms with E-state index < -0.39 is 0 Å². The zero-order valence-corrected chi connectivity index (χ0v) is 13.8. The standard InChI is InChI=1S/C16H26N4O/c1-6-14-10-19(7-8-20(14)11(2)3)16(21)15-9-17-13(5)18-12(15)4/h9,11,14H,6-8,10H2,1-5H3/t14-/m1/s1. The van der Waals surface area contributed by atoms with E-state index in [4.69, 9.17) is 0 Å². The fraction of sp³-hybridized carbons (Fsp3) is 0.688. The van der Waals surface area contributed by atoms with Gasteiger partial charge in [-0.25, -0.2) is 9.97 Å². The molecule has 1 aromatic rings. The van der Waals surface area contributed by atoms with Gasteiger partial charge in [-0.2, -0.15) is 0 Å². The highest BCUT2D eigenvalue weighted by atomic mass is 16.2. The van der Waals surface area contributed by atoms with Gasteiger partial charge in [0.1, 0.15) is 5.82 Å². The fourth-order valence-corrected chi connectivity index (χ4v) is 3.06. The maximum Gasteiger partial charge on any atom is 0.257 e. The van der Waals surface area contributed by atoms with Crippen LogP contribution < -0.4 is 0 Å². The minimum atomic E-state index is 0.0642. The minimum absolute atomic E-state index is 0.0642. The second kappa shape index (κ2) is 6.52. The van der Waals surface area contributed by atoms with Crippen molar-refractivity contribution in [1.29, 1.82) is 0 Å². The van der Waals surface area contributed by atoms with Crippen LogP contribution in [0.1, 0.15) is 49.1 Å². The smallest absolute Gasteiger partial charge is 0.257 e. The van der Waals surface area contributed by atoms with Crippen LogP contribution in [0.5, 0.6) is 0 Å². The Kier molecular flexibility index (Phi) is 4.93. The number of nitrogens with zero attached hydrogens (tertiary/aromatic N) is 4. The maximum atomic E-state index is 12.7. The SMILES string of the molecule is CC[C@@H]1CN(C(=O)c2cnc(C)nc2C)CCN1C(C)C. The third-order valence-corrected chi connectivity index (χ3v) is 4.28. The van der Waals surface area contributed by atoms with Gasteiger partial charge in [0.25, 0.3) is 5.91 Å². The molecular formula is C16H26N4O. The average molecular weight is 290 g/mol. The van der Waals surface area contributed by atoms with Crippen molar-refractivity contribution in [2.75, 3.05) is 19.6 Å². The molecule has 1 aliphatic heterocycles. The molecule has 2 rings (SSSR count). The van der Waals surface area contributed by atoms with Crippen molar-refractivity contribution in [3.05, 3.63) is 23.3 Å². The zero-order chi connectivity index (χ0) is 15.6.